The first kappa shape index (κ1) is 17.4. The van der Waals surface area contributed by atoms with Crippen molar-refractivity contribution in [1.82, 2.24) is 9.47 Å². The Balaban J connectivity index is 1.66. The highest BCUT2D eigenvalue weighted by molar-refractivity contribution is 5.98. The number of fused-ring (bicyclic) bond motifs is 2. The van der Waals surface area contributed by atoms with Gasteiger partial charge in [0.05, 0.1) is 14.2 Å². The maximum absolute atomic E-state index is 13.5. The van der Waals surface area contributed by atoms with E-state index >= 15 is 0 Å². The predicted molar refractivity (Wildman–Crippen MR) is 101 cm³/mol. The van der Waals surface area contributed by atoms with Crippen molar-refractivity contribution in [2.75, 3.05) is 20.8 Å². The molecule has 6 heteroatoms. The van der Waals surface area contributed by atoms with Crippen LogP contribution in [0.1, 0.15) is 21.6 Å². The van der Waals surface area contributed by atoms with Crippen LogP contribution in [0.15, 0.2) is 36.4 Å². The number of benzene rings is 2. The van der Waals surface area contributed by atoms with Crippen molar-refractivity contribution in [3.05, 3.63) is 59.0 Å². The fourth-order valence-electron chi connectivity index (χ4n) is 3.74. The molecule has 2 heterocycles. The van der Waals surface area contributed by atoms with Crippen molar-refractivity contribution in [2.45, 2.75) is 13.0 Å². The van der Waals surface area contributed by atoms with E-state index in [9.17, 15) is 9.18 Å². The number of methoxy groups -OCH3 is 2. The predicted octanol–water partition coefficient (Wildman–Crippen LogP) is 3.53. The molecule has 140 valence electrons. The Morgan fingerprint density at radius 3 is 2.44 bits per heavy atom. The second-order valence-corrected chi connectivity index (χ2v) is 6.74. The van der Waals surface area contributed by atoms with Crippen molar-refractivity contribution < 1.29 is 18.7 Å². The molecule has 1 aliphatic rings. The second-order valence-electron chi connectivity index (χ2n) is 6.74. The van der Waals surface area contributed by atoms with Crippen LogP contribution in [0.3, 0.4) is 0 Å². The SMILES string of the molecule is COc1cc2c(cc1OC)CN(C(=O)c1cc3cc(F)ccc3n1C)CC2. The Morgan fingerprint density at radius 1 is 1.04 bits per heavy atom. The number of amides is 1. The lowest BCUT2D eigenvalue weighted by molar-refractivity contribution is 0.0725. The Labute approximate surface area is 156 Å². The van der Waals surface area contributed by atoms with E-state index in [1.54, 1.807) is 26.4 Å². The lowest BCUT2D eigenvalue weighted by Crippen LogP contribution is -2.36. The van der Waals surface area contributed by atoms with Gasteiger partial charge in [-0.25, -0.2) is 4.39 Å². The molecule has 0 saturated heterocycles. The number of rotatable bonds is 3. The van der Waals surface area contributed by atoms with Gasteiger partial charge in [-0.3, -0.25) is 4.79 Å². The lowest BCUT2D eigenvalue weighted by Gasteiger charge is -2.29. The number of carbonyl (C=O) groups is 1. The molecule has 0 N–H and O–H groups in total. The molecule has 3 aromatic rings. The number of ether oxygens (including phenoxy) is 2. The molecule has 1 amide bonds. The molecule has 0 saturated carbocycles. The van der Waals surface area contributed by atoms with E-state index < -0.39 is 0 Å². The van der Waals surface area contributed by atoms with Gasteiger partial charge in [-0.05, 0) is 53.9 Å². The zero-order valence-corrected chi connectivity index (χ0v) is 15.6. The van der Waals surface area contributed by atoms with Crippen LogP contribution in [0.4, 0.5) is 4.39 Å². The number of carbonyl (C=O) groups excluding carboxylic acids is 1. The number of nitrogens with zero attached hydrogens (tertiary/aromatic N) is 2. The highest BCUT2D eigenvalue weighted by Gasteiger charge is 2.25. The maximum Gasteiger partial charge on any atom is 0.270 e. The normalized spacial score (nSPS) is 13.6. The first-order valence-corrected chi connectivity index (χ1v) is 8.80. The van der Waals surface area contributed by atoms with Crippen LogP contribution in [0.2, 0.25) is 0 Å². The summed E-state index contributed by atoms with van der Waals surface area (Å²) in [6.07, 6.45) is 0.750. The molecular formula is C21H21FN2O3. The van der Waals surface area contributed by atoms with Crippen molar-refractivity contribution >= 4 is 16.8 Å². The van der Waals surface area contributed by atoms with Crippen LogP contribution in [-0.2, 0) is 20.0 Å². The van der Waals surface area contributed by atoms with Crippen molar-refractivity contribution in [2.24, 2.45) is 7.05 Å². The minimum atomic E-state index is -0.306. The van der Waals surface area contributed by atoms with E-state index in [-0.39, 0.29) is 11.7 Å². The molecule has 5 nitrogen and oxygen atoms in total. The Hall–Kier alpha value is -3.02. The van der Waals surface area contributed by atoms with Crippen molar-refractivity contribution in [1.29, 1.82) is 0 Å². The van der Waals surface area contributed by atoms with E-state index in [0.29, 0.717) is 30.3 Å². The number of halogens is 1. The van der Waals surface area contributed by atoms with E-state index in [1.807, 2.05) is 28.6 Å². The summed E-state index contributed by atoms with van der Waals surface area (Å²) in [4.78, 5) is 14.9. The van der Waals surface area contributed by atoms with E-state index in [0.717, 1.165) is 28.5 Å². The number of hydrogen-bond acceptors (Lipinski definition) is 3. The quantitative estimate of drug-likeness (QED) is 0.710. The number of aryl methyl sites for hydroxylation is 1. The van der Waals surface area contributed by atoms with Crippen LogP contribution in [-0.4, -0.2) is 36.1 Å². The van der Waals surface area contributed by atoms with Crippen LogP contribution < -0.4 is 9.47 Å². The third-order valence-electron chi connectivity index (χ3n) is 5.23. The standard InChI is InChI=1S/C21H21FN2O3/c1-23-17-5-4-16(22)8-14(17)9-18(23)21(25)24-7-6-13-10-19(26-2)20(27-3)11-15(13)12-24/h4-5,8-11H,6-7,12H2,1-3H3. The average Bonchev–Trinajstić information content (AvgIpc) is 3.01. The first-order chi connectivity index (χ1) is 13.0. The monoisotopic (exact) mass is 368 g/mol. The number of aromatic nitrogens is 1. The fraction of sp³-hybridized carbons (Fsp3) is 0.286. The minimum absolute atomic E-state index is 0.0606. The lowest BCUT2D eigenvalue weighted by atomic mass is 9.98. The molecular weight excluding hydrogens is 347 g/mol. The smallest absolute Gasteiger partial charge is 0.270 e. The van der Waals surface area contributed by atoms with Gasteiger partial charge in [0.2, 0.25) is 0 Å². The summed E-state index contributed by atoms with van der Waals surface area (Å²) >= 11 is 0. The fourth-order valence-corrected chi connectivity index (χ4v) is 3.74. The third-order valence-corrected chi connectivity index (χ3v) is 5.23. The van der Waals surface area contributed by atoms with E-state index in [2.05, 4.69) is 0 Å². The van der Waals surface area contributed by atoms with Gasteiger partial charge in [-0.2, -0.15) is 0 Å². The number of hydrogen-bond donors (Lipinski definition) is 0. The van der Waals surface area contributed by atoms with Crippen LogP contribution in [0, 0.1) is 5.82 Å². The largest absolute Gasteiger partial charge is 0.493 e. The van der Waals surface area contributed by atoms with Gasteiger partial charge in [0.1, 0.15) is 11.5 Å². The van der Waals surface area contributed by atoms with Gasteiger partial charge in [0.25, 0.3) is 5.91 Å². The molecule has 0 fully saturated rings. The summed E-state index contributed by atoms with van der Waals surface area (Å²) in [5.74, 6) is 0.993. The summed E-state index contributed by atoms with van der Waals surface area (Å²) in [5.41, 5.74) is 3.61. The molecule has 4 rings (SSSR count). The van der Waals surface area contributed by atoms with Gasteiger partial charge in [-0.15, -0.1) is 0 Å². The van der Waals surface area contributed by atoms with Crippen LogP contribution in [0.25, 0.3) is 10.9 Å². The van der Waals surface area contributed by atoms with Gasteiger partial charge < -0.3 is 18.9 Å². The van der Waals surface area contributed by atoms with E-state index in [1.165, 1.54) is 12.1 Å². The topological polar surface area (TPSA) is 43.7 Å². The van der Waals surface area contributed by atoms with Gasteiger partial charge >= 0.3 is 0 Å². The zero-order valence-electron chi connectivity index (χ0n) is 15.6. The summed E-state index contributed by atoms with van der Waals surface area (Å²) in [5, 5.41) is 0.727. The molecule has 0 aliphatic carbocycles. The van der Waals surface area contributed by atoms with Gasteiger partial charge in [0.15, 0.2) is 11.5 Å². The molecule has 0 unspecified atom stereocenters. The van der Waals surface area contributed by atoms with Crippen LogP contribution >= 0.6 is 0 Å². The molecule has 0 bridgehead atoms. The molecule has 0 radical (unpaired) electrons. The third kappa shape index (κ3) is 2.91. The van der Waals surface area contributed by atoms with Crippen molar-refractivity contribution in [3.63, 3.8) is 0 Å². The minimum Gasteiger partial charge on any atom is -0.493 e. The zero-order chi connectivity index (χ0) is 19.1. The van der Waals surface area contributed by atoms with E-state index in [4.69, 9.17) is 9.47 Å². The molecule has 0 spiro atoms. The summed E-state index contributed by atoms with van der Waals surface area (Å²) in [6.45, 7) is 1.13. The summed E-state index contributed by atoms with van der Waals surface area (Å²) in [6, 6.07) is 10.2. The highest BCUT2D eigenvalue weighted by Crippen LogP contribution is 2.33. The molecule has 2 aromatic carbocycles. The second kappa shape index (κ2) is 6.61. The first-order valence-electron chi connectivity index (χ1n) is 8.80. The molecule has 27 heavy (non-hydrogen) atoms. The summed E-state index contributed by atoms with van der Waals surface area (Å²) < 4.78 is 26.1. The average molecular weight is 368 g/mol. The molecule has 0 atom stereocenters. The molecule has 1 aromatic heterocycles. The van der Waals surface area contributed by atoms with Crippen molar-refractivity contribution in [3.8, 4) is 11.5 Å². The van der Waals surface area contributed by atoms with Gasteiger partial charge in [0, 0.05) is 31.0 Å². The Morgan fingerprint density at radius 2 is 1.74 bits per heavy atom. The van der Waals surface area contributed by atoms with Crippen LogP contribution in [0.5, 0.6) is 11.5 Å². The maximum atomic E-state index is 13.5. The summed E-state index contributed by atoms with van der Waals surface area (Å²) in [7, 11) is 5.05. The Kier molecular flexibility index (Phi) is 4.26. The van der Waals surface area contributed by atoms with Gasteiger partial charge in [-0.1, -0.05) is 0 Å². The Bertz CT molecular complexity index is 1040. The molecule has 1 aliphatic heterocycles. The highest BCUT2D eigenvalue weighted by atomic mass is 19.1.